The summed E-state index contributed by atoms with van der Waals surface area (Å²) < 4.78 is 0. The Kier molecular flexibility index (Phi) is 6.10. The second-order valence-electron chi connectivity index (χ2n) is 3.92. The van der Waals surface area contributed by atoms with Crippen molar-refractivity contribution in [3.8, 4) is 0 Å². The molecule has 0 heterocycles. The Morgan fingerprint density at radius 2 is 1.65 bits per heavy atom. The highest BCUT2D eigenvalue weighted by Crippen LogP contribution is 2.01. The third-order valence-corrected chi connectivity index (χ3v) is 2.50. The van der Waals surface area contributed by atoms with Crippen molar-refractivity contribution in [2.75, 3.05) is 13.2 Å². The van der Waals surface area contributed by atoms with Gasteiger partial charge < -0.3 is 25.7 Å². The third kappa shape index (κ3) is 4.80. The predicted molar refractivity (Wildman–Crippen MR) is 63.3 cm³/mol. The molecule has 1 rings (SSSR count). The minimum Gasteiger partial charge on any atom is -0.394 e. The zero-order valence-corrected chi connectivity index (χ0v) is 9.53. The van der Waals surface area contributed by atoms with Crippen molar-refractivity contribution in [2.24, 2.45) is 0 Å². The van der Waals surface area contributed by atoms with E-state index in [1.165, 1.54) is 0 Å². The van der Waals surface area contributed by atoms with Gasteiger partial charge in [0.2, 0.25) is 0 Å². The van der Waals surface area contributed by atoms with Crippen molar-refractivity contribution in [3.63, 3.8) is 0 Å². The zero-order valence-electron chi connectivity index (χ0n) is 9.53. The van der Waals surface area contributed by atoms with Crippen LogP contribution in [0.25, 0.3) is 0 Å². The monoisotopic (exact) mass is 241 g/mol. The molecule has 0 bridgehead atoms. The van der Waals surface area contributed by atoms with Gasteiger partial charge in [-0.15, -0.1) is 0 Å². The van der Waals surface area contributed by atoms with Gasteiger partial charge in [0.1, 0.15) is 12.2 Å². The maximum absolute atomic E-state index is 9.51. The van der Waals surface area contributed by atoms with E-state index < -0.39 is 24.9 Å². The van der Waals surface area contributed by atoms with Gasteiger partial charge in [0.25, 0.3) is 0 Å². The Bertz CT molecular complexity index is 307. The van der Waals surface area contributed by atoms with Gasteiger partial charge in [-0.05, 0) is 5.56 Å². The Morgan fingerprint density at radius 3 is 2.24 bits per heavy atom. The first kappa shape index (κ1) is 14.1. The fourth-order valence-electron chi connectivity index (χ4n) is 1.45. The summed E-state index contributed by atoms with van der Waals surface area (Å²) in [4.78, 5) is 0. The number of aliphatic hydroxyl groups excluding tert-OH is 4. The minimum atomic E-state index is -1.34. The molecule has 0 radical (unpaired) electrons. The Balaban J connectivity index is 2.27. The van der Waals surface area contributed by atoms with Crippen LogP contribution >= 0.6 is 0 Å². The highest BCUT2D eigenvalue weighted by molar-refractivity contribution is 5.14. The second kappa shape index (κ2) is 7.37. The number of hydrogen-bond donors (Lipinski definition) is 5. The zero-order chi connectivity index (χ0) is 12.7. The summed E-state index contributed by atoms with van der Waals surface area (Å²) in [5.41, 5.74) is 1.07. The van der Waals surface area contributed by atoms with Crippen LogP contribution in [0, 0.1) is 0 Å². The fourth-order valence-corrected chi connectivity index (χ4v) is 1.45. The largest absolute Gasteiger partial charge is 0.394 e. The molecule has 1 aromatic carbocycles. The van der Waals surface area contributed by atoms with E-state index in [2.05, 4.69) is 5.32 Å². The smallest absolute Gasteiger partial charge is 0.109 e. The fraction of sp³-hybridized carbons (Fsp3) is 0.500. The summed E-state index contributed by atoms with van der Waals surface area (Å²) in [6.45, 7) is 0.143. The van der Waals surface area contributed by atoms with Crippen LogP contribution < -0.4 is 5.32 Å². The summed E-state index contributed by atoms with van der Waals surface area (Å²) in [6.07, 6.45) is -3.77. The Morgan fingerprint density at radius 1 is 1.00 bits per heavy atom. The van der Waals surface area contributed by atoms with Crippen molar-refractivity contribution < 1.29 is 20.4 Å². The molecule has 0 spiro atoms. The molecule has 0 aromatic heterocycles. The van der Waals surface area contributed by atoms with E-state index in [9.17, 15) is 10.2 Å². The molecule has 5 heteroatoms. The summed E-state index contributed by atoms with van der Waals surface area (Å²) in [6, 6.07) is 9.63. The molecule has 17 heavy (non-hydrogen) atoms. The van der Waals surface area contributed by atoms with Crippen molar-refractivity contribution in [1.29, 1.82) is 0 Å². The van der Waals surface area contributed by atoms with Crippen LogP contribution in [-0.2, 0) is 6.54 Å². The van der Waals surface area contributed by atoms with E-state index in [0.29, 0.717) is 6.54 Å². The predicted octanol–water partition coefficient (Wildman–Crippen LogP) is -1.15. The lowest BCUT2D eigenvalue weighted by molar-refractivity contribution is -0.0750. The van der Waals surface area contributed by atoms with Gasteiger partial charge in [-0.25, -0.2) is 0 Å². The number of rotatable bonds is 7. The lowest BCUT2D eigenvalue weighted by atomic mass is 10.1. The quantitative estimate of drug-likeness (QED) is 0.416. The van der Waals surface area contributed by atoms with Crippen LogP contribution in [0.3, 0.4) is 0 Å². The van der Waals surface area contributed by atoms with Crippen molar-refractivity contribution in [3.05, 3.63) is 35.9 Å². The van der Waals surface area contributed by atoms with Gasteiger partial charge in [0.05, 0.1) is 12.7 Å². The molecule has 0 amide bonds. The van der Waals surface area contributed by atoms with Gasteiger partial charge in [0.15, 0.2) is 0 Å². The number of nitrogens with one attached hydrogen (secondary N) is 1. The summed E-state index contributed by atoms with van der Waals surface area (Å²) in [5.74, 6) is 0. The summed E-state index contributed by atoms with van der Waals surface area (Å²) in [5, 5.41) is 39.6. The molecule has 1 aromatic rings. The normalized spacial score (nSPS) is 16.5. The van der Waals surface area contributed by atoms with Crippen molar-refractivity contribution in [2.45, 2.75) is 24.9 Å². The molecule has 3 atom stereocenters. The minimum absolute atomic E-state index is 0.146. The molecule has 0 saturated carbocycles. The average Bonchev–Trinajstić information content (AvgIpc) is 2.38. The second-order valence-corrected chi connectivity index (χ2v) is 3.92. The van der Waals surface area contributed by atoms with Crippen LogP contribution in [0.2, 0.25) is 0 Å². The third-order valence-electron chi connectivity index (χ3n) is 2.50. The van der Waals surface area contributed by atoms with Crippen LogP contribution in [0.1, 0.15) is 5.56 Å². The topological polar surface area (TPSA) is 93.0 Å². The molecule has 0 fully saturated rings. The molecule has 0 aliphatic carbocycles. The van der Waals surface area contributed by atoms with Crippen molar-refractivity contribution >= 4 is 0 Å². The van der Waals surface area contributed by atoms with Crippen molar-refractivity contribution in [1.82, 2.24) is 5.32 Å². The van der Waals surface area contributed by atoms with Gasteiger partial charge >= 0.3 is 0 Å². The standard InChI is InChI=1S/C12H19NO4/c14-8-11(16)12(17)10(15)7-13-6-9-4-2-1-3-5-9/h1-5,10-17H,6-8H2/t10-,11-,12+/m0/s1. The SMILES string of the molecule is OC[C@H](O)[C@H](O)[C@@H](O)CNCc1ccccc1. The number of aliphatic hydroxyl groups is 4. The summed E-state index contributed by atoms with van der Waals surface area (Å²) >= 11 is 0. The van der Waals surface area contributed by atoms with E-state index in [1.807, 2.05) is 30.3 Å². The molecular formula is C12H19NO4. The maximum Gasteiger partial charge on any atom is 0.109 e. The Labute approximate surface area is 100 Å². The highest BCUT2D eigenvalue weighted by atomic mass is 16.4. The number of hydrogen-bond acceptors (Lipinski definition) is 5. The van der Waals surface area contributed by atoms with Crippen LogP contribution in [0.5, 0.6) is 0 Å². The van der Waals surface area contributed by atoms with Gasteiger partial charge in [-0.1, -0.05) is 30.3 Å². The van der Waals surface area contributed by atoms with E-state index >= 15 is 0 Å². The van der Waals surface area contributed by atoms with Gasteiger partial charge in [0, 0.05) is 13.1 Å². The molecule has 0 unspecified atom stereocenters. The van der Waals surface area contributed by atoms with Crippen LogP contribution in [0.4, 0.5) is 0 Å². The van der Waals surface area contributed by atoms with Crippen LogP contribution in [-0.4, -0.2) is 51.9 Å². The molecule has 0 aliphatic rings. The molecule has 96 valence electrons. The first-order valence-corrected chi connectivity index (χ1v) is 5.55. The highest BCUT2D eigenvalue weighted by Gasteiger charge is 2.23. The molecular weight excluding hydrogens is 222 g/mol. The average molecular weight is 241 g/mol. The molecule has 0 saturated heterocycles. The first-order valence-electron chi connectivity index (χ1n) is 5.55. The lowest BCUT2D eigenvalue weighted by Crippen LogP contribution is -2.44. The molecule has 0 aliphatic heterocycles. The van der Waals surface area contributed by atoms with Gasteiger partial charge in [-0.3, -0.25) is 0 Å². The lowest BCUT2D eigenvalue weighted by Gasteiger charge is -2.21. The summed E-state index contributed by atoms with van der Waals surface area (Å²) in [7, 11) is 0. The van der Waals surface area contributed by atoms with E-state index in [1.54, 1.807) is 0 Å². The molecule has 5 N–H and O–H groups in total. The van der Waals surface area contributed by atoms with Gasteiger partial charge in [-0.2, -0.15) is 0 Å². The molecule has 5 nitrogen and oxygen atoms in total. The Hall–Kier alpha value is -0.980. The number of benzene rings is 1. The van der Waals surface area contributed by atoms with Crippen LogP contribution in [0.15, 0.2) is 30.3 Å². The van der Waals surface area contributed by atoms with E-state index in [0.717, 1.165) is 5.56 Å². The van der Waals surface area contributed by atoms with E-state index in [-0.39, 0.29) is 6.54 Å². The van der Waals surface area contributed by atoms with E-state index in [4.69, 9.17) is 10.2 Å². The maximum atomic E-state index is 9.51. The first-order chi connectivity index (χ1) is 8.15.